The maximum atomic E-state index is 12.4. The maximum Gasteiger partial charge on any atom is 0.293 e. The van der Waals surface area contributed by atoms with Gasteiger partial charge in [0, 0.05) is 44.1 Å². The van der Waals surface area contributed by atoms with Gasteiger partial charge in [-0.15, -0.1) is 0 Å². The van der Waals surface area contributed by atoms with Gasteiger partial charge in [0.2, 0.25) is 0 Å². The normalized spacial score (nSPS) is 20.7. The first-order valence-electron chi connectivity index (χ1n) is 9.40. The zero-order valence-electron chi connectivity index (χ0n) is 14.8. The quantitative estimate of drug-likeness (QED) is 0.931. The topological polar surface area (TPSA) is 50.2 Å². The second kappa shape index (κ2) is 7.00. The molecule has 1 aromatic carbocycles. The van der Waals surface area contributed by atoms with Crippen LogP contribution in [0.25, 0.3) is 0 Å². The van der Waals surface area contributed by atoms with Crippen LogP contribution in [0.2, 0.25) is 0 Å². The third-order valence-electron chi connectivity index (χ3n) is 5.60. The number of nitrogens with zero attached hydrogens (tertiary/aromatic N) is 3. The zero-order valence-corrected chi connectivity index (χ0v) is 14.8. The summed E-state index contributed by atoms with van der Waals surface area (Å²) in [4.78, 5) is 18.9. The Bertz CT molecular complexity index is 792. The van der Waals surface area contributed by atoms with Crippen molar-refractivity contribution >= 4 is 5.82 Å². The van der Waals surface area contributed by atoms with E-state index < -0.39 is 0 Å². The Morgan fingerprint density at radius 3 is 2.80 bits per heavy atom. The van der Waals surface area contributed by atoms with E-state index in [9.17, 15) is 4.79 Å². The third kappa shape index (κ3) is 3.21. The molecule has 0 spiro atoms. The predicted octanol–water partition coefficient (Wildman–Crippen LogP) is 2.51. The average molecular weight is 338 g/mol. The SMILES string of the molecule is CCn1ccnc(N2CCC(NC3CCc4ccccc43)CC2)c1=O. The Morgan fingerprint density at radius 2 is 2.00 bits per heavy atom. The lowest BCUT2D eigenvalue weighted by Crippen LogP contribution is -2.45. The molecule has 0 amide bonds. The van der Waals surface area contributed by atoms with Crippen LogP contribution in [0.3, 0.4) is 0 Å². The molecule has 2 aliphatic rings. The molecule has 1 aliphatic carbocycles. The van der Waals surface area contributed by atoms with Gasteiger partial charge in [0.15, 0.2) is 5.82 Å². The van der Waals surface area contributed by atoms with Crippen molar-refractivity contribution in [3.05, 3.63) is 58.1 Å². The van der Waals surface area contributed by atoms with Crippen LogP contribution in [-0.2, 0) is 13.0 Å². The second-order valence-electron chi connectivity index (χ2n) is 7.06. The Kier molecular flexibility index (Phi) is 4.57. The van der Waals surface area contributed by atoms with Crippen LogP contribution < -0.4 is 15.8 Å². The van der Waals surface area contributed by atoms with Gasteiger partial charge in [-0.2, -0.15) is 0 Å². The van der Waals surface area contributed by atoms with Crippen LogP contribution in [0.15, 0.2) is 41.5 Å². The molecule has 5 nitrogen and oxygen atoms in total. The summed E-state index contributed by atoms with van der Waals surface area (Å²) in [5.41, 5.74) is 2.99. The van der Waals surface area contributed by atoms with Crippen molar-refractivity contribution in [3.8, 4) is 0 Å². The fourth-order valence-corrected chi connectivity index (χ4v) is 4.17. The molecule has 2 heterocycles. The summed E-state index contributed by atoms with van der Waals surface area (Å²) in [5, 5.41) is 3.85. The summed E-state index contributed by atoms with van der Waals surface area (Å²) in [6.07, 6.45) is 7.98. The van der Waals surface area contributed by atoms with E-state index in [1.54, 1.807) is 17.0 Å². The number of aryl methyl sites for hydroxylation is 2. The van der Waals surface area contributed by atoms with Crippen LogP contribution >= 0.6 is 0 Å². The number of anilines is 1. The molecule has 0 radical (unpaired) electrons. The third-order valence-corrected chi connectivity index (χ3v) is 5.60. The van der Waals surface area contributed by atoms with Gasteiger partial charge in [0.1, 0.15) is 0 Å². The molecule has 1 saturated heterocycles. The number of hydrogen-bond donors (Lipinski definition) is 1. The molecule has 4 rings (SSSR count). The minimum atomic E-state index is 0.0288. The van der Waals surface area contributed by atoms with E-state index in [-0.39, 0.29) is 5.56 Å². The molecule has 1 aliphatic heterocycles. The molecule has 1 unspecified atom stereocenters. The van der Waals surface area contributed by atoms with Gasteiger partial charge in [-0.3, -0.25) is 4.79 Å². The highest BCUT2D eigenvalue weighted by Gasteiger charge is 2.27. The minimum Gasteiger partial charge on any atom is -0.352 e. The number of aromatic nitrogens is 2. The molecule has 1 atom stereocenters. The first kappa shape index (κ1) is 16.3. The molecule has 2 aromatic rings. The molecule has 132 valence electrons. The summed E-state index contributed by atoms with van der Waals surface area (Å²) in [6, 6.07) is 9.79. The van der Waals surface area contributed by atoms with Gasteiger partial charge in [0.25, 0.3) is 5.56 Å². The van der Waals surface area contributed by atoms with Crippen LogP contribution in [0, 0.1) is 0 Å². The van der Waals surface area contributed by atoms with Gasteiger partial charge < -0.3 is 14.8 Å². The van der Waals surface area contributed by atoms with E-state index in [1.807, 2.05) is 6.92 Å². The fraction of sp³-hybridized carbons (Fsp3) is 0.500. The van der Waals surface area contributed by atoms with Crippen molar-refractivity contribution < 1.29 is 0 Å². The zero-order chi connectivity index (χ0) is 17.2. The van der Waals surface area contributed by atoms with E-state index in [0.29, 0.717) is 24.4 Å². The second-order valence-corrected chi connectivity index (χ2v) is 7.06. The molecule has 0 saturated carbocycles. The molecule has 1 aromatic heterocycles. The summed E-state index contributed by atoms with van der Waals surface area (Å²) in [5.74, 6) is 0.606. The molecule has 5 heteroatoms. The standard InChI is InChI=1S/C20H26N4O/c1-2-23-14-11-21-19(20(23)25)24-12-9-16(10-13-24)22-18-8-7-15-5-3-4-6-17(15)18/h3-6,11,14,16,18,22H,2,7-10,12-13H2,1H3. The largest absolute Gasteiger partial charge is 0.352 e. The Hall–Kier alpha value is -2.14. The number of benzene rings is 1. The number of hydrogen-bond acceptors (Lipinski definition) is 4. The van der Waals surface area contributed by atoms with Crippen molar-refractivity contribution in [1.82, 2.24) is 14.9 Å². The molecular formula is C20H26N4O. The van der Waals surface area contributed by atoms with Crippen LogP contribution in [-0.4, -0.2) is 28.7 Å². The predicted molar refractivity (Wildman–Crippen MR) is 100 cm³/mol. The fourth-order valence-electron chi connectivity index (χ4n) is 4.17. The highest BCUT2D eigenvalue weighted by Crippen LogP contribution is 2.32. The molecule has 1 N–H and O–H groups in total. The summed E-state index contributed by atoms with van der Waals surface area (Å²) in [6.45, 7) is 4.46. The number of rotatable bonds is 4. The summed E-state index contributed by atoms with van der Waals surface area (Å²) in [7, 11) is 0. The molecule has 0 bridgehead atoms. The molecular weight excluding hydrogens is 312 g/mol. The van der Waals surface area contributed by atoms with E-state index in [4.69, 9.17) is 0 Å². The van der Waals surface area contributed by atoms with Gasteiger partial charge in [-0.05, 0) is 43.7 Å². The van der Waals surface area contributed by atoms with E-state index in [2.05, 4.69) is 39.5 Å². The van der Waals surface area contributed by atoms with Crippen molar-refractivity contribution in [3.63, 3.8) is 0 Å². The van der Waals surface area contributed by atoms with Gasteiger partial charge in [-0.25, -0.2) is 4.98 Å². The van der Waals surface area contributed by atoms with Crippen molar-refractivity contribution in [2.24, 2.45) is 0 Å². The lowest BCUT2D eigenvalue weighted by molar-refractivity contribution is 0.367. The Labute approximate surface area is 148 Å². The van der Waals surface area contributed by atoms with Crippen LogP contribution in [0.5, 0.6) is 0 Å². The van der Waals surface area contributed by atoms with E-state index in [1.165, 1.54) is 24.0 Å². The first-order valence-corrected chi connectivity index (χ1v) is 9.40. The van der Waals surface area contributed by atoms with Crippen molar-refractivity contribution in [2.75, 3.05) is 18.0 Å². The number of piperidine rings is 1. The van der Waals surface area contributed by atoms with Crippen LogP contribution in [0.4, 0.5) is 5.82 Å². The Balaban J connectivity index is 1.39. The monoisotopic (exact) mass is 338 g/mol. The summed E-state index contributed by atoms with van der Waals surface area (Å²) >= 11 is 0. The number of fused-ring (bicyclic) bond motifs is 1. The molecule has 1 fully saturated rings. The Morgan fingerprint density at radius 1 is 1.20 bits per heavy atom. The van der Waals surface area contributed by atoms with Gasteiger partial charge in [0.05, 0.1) is 0 Å². The minimum absolute atomic E-state index is 0.0288. The van der Waals surface area contributed by atoms with Crippen molar-refractivity contribution in [1.29, 1.82) is 0 Å². The molecule has 25 heavy (non-hydrogen) atoms. The summed E-state index contributed by atoms with van der Waals surface area (Å²) < 4.78 is 1.72. The first-order chi connectivity index (χ1) is 12.3. The lowest BCUT2D eigenvalue weighted by atomic mass is 10.0. The lowest BCUT2D eigenvalue weighted by Gasteiger charge is -2.34. The van der Waals surface area contributed by atoms with Crippen LogP contribution in [0.1, 0.15) is 43.4 Å². The van der Waals surface area contributed by atoms with E-state index in [0.717, 1.165) is 25.9 Å². The number of nitrogens with one attached hydrogen (secondary N) is 1. The van der Waals surface area contributed by atoms with Gasteiger partial charge >= 0.3 is 0 Å². The average Bonchev–Trinajstić information content (AvgIpc) is 3.06. The smallest absolute Gasteiger partial charge is 0.293 e. The van der Waals surface area contributed by atoms with Gasteiger partial charge in [-0.1, -0.05) is 24.3 Å². The highest BCUT2D eigenvalue weighted by atomic mass is 16.1. The highest BCUT2D eigenvalue weighted by molar-refractivity contribution is 5.37. The van der Waals surface area contributed by atoms with E-state index >= 15 is 0 Å². The van der Waals surface area contributed by atoms with Crippen molar-refractivity contribution in [2.45, 2.75) is 51.2 Å². The maximum absolute atomic E-state index is 12.4.